The Morgan fingerprint density at radius 2 is 0.720 bits per heavy atom. The van der Waals surface area contributed by atoms with Gasteiger partial charge in [0.05, 0.1) is 0 Å². The first-order valence-corrected chi connectivity index (χ1v) is 9.67. The van der Waals surface area contributed by atoms with Crippen LogP contribution in [0, 0.1) is 0 Å². The third-order valence-corrected chi connectivity index (χ3v) is 4.84. The number of rotatable bonds is 6. The van der Waals surface area contributed by atoms with Gasteiger partial charge in [-0.2, -0.15) is 0 Å². The van der Waals surface area contributed by atoms with Gasteiger partial charge < -0.3 is 4.74 Å². The maximum atomic E-state index is 6.75. The van der Waals surface area contributed by atoms with Crippen molar-refractivity contribution in [3.8, 4) is 11.5 Å². The van der Waals surface area contributed by atoms with Gasteiger partial charge in [-0.1, -0.05) is 91.8 Å². The number of para-hydroxylation sites is 2. The second-order valence-electron chi connectivity index (χ2n) is 8.25. The van der Waals surface area contributed by atoms with Gasteiger partial charge in [-0.25, -0.2) is 0 Å². The summed E-state index contributed by atoms with van der Waals surface area (Å²) in [5.41, 5.74) is 5.16. The second-order valence-corrected chi connectivity index (χ2v) is 8.25. The third-order valence-electron chi connectivity index (χ3n) is 4.84. The van der Waals surface area contributed by atoms with Crippen LogP contribution in [0.3, 0.4) is 0 Å². The summed E-state index contributed by atoms with van der Waals surface area (Å²) in [5, 5.41) is 0. The minimum Gasteiger partial charge on any atom is -0.456 e. The van der Waals surface area contributed by atoms with E-state index in [-0.39, 0.29) is 0 Å². The molecule has 0 saturated heterocycles. The van der Waals surface area contributed by atoms with Crippen LogP contribution in [-0.4, -0.2) is 0 Å². The molecule has 0 N–H and O–H groups in total. The minimum absolute atomic E-state index is 0.433. The average Bonchev–Trinajstić information content (AvgIpc) is 2.54. The largest absolute Gasteiger partial charge is 0.456 e. The van der Waals surface area contributed by atoms with Crippen molar-refractivity contribution in [1.82, 2.24) is 0 Å². The van der Waals surface area contributed by atoms with Crippen molar-refractivity contribution in [3.05, 3.63) is 58.7 Å². The van der Waals surface area contributed by atoms with Crippen LogP contribution in [0.4, 0.5) is 0 Å². The first-order valence-electron chi connectivity index (χ1n) is 9.67. The van der Waals surface area contributed by atoms with E-state index in [1.165, 1.54) is 22.3 Å². The maximum absolute atomic E-state index is 6.75. The highest BCUT2D eigenvalue weighted by Crippen LogP contribution is 2.42. The smallest absolute Gasteiger partial charge is 0.134 e. The van der Waals surface area contributed by atoms with E-state index in [1.54, 1.807) is 0 Å². The lowest BCUT2D eigenvalue weighted by Crippen LogP contribution is -2.05. The number of hydrogen-bond donors (Lipinski definition) is 0. The monoisotopic (exact) mass is 338 g/mol. The predicted molar refractivity (Wildman–Crippen MR) is 109 cm³/mol. The van der Waals surface area contributed by atoms with Crippen molar-refractivity contribution in [2.24, 2.45) is 0 Å². The minimum atomic E-state index is 0.433. The molecule has 2 rings (SSSR count). The topological polar surface area (TPSA) is 9.23 Å². The lowest BCUT2D eigenvalue weighted by Gasteiger charge is -2.24. The van der Waals surface area contributed by atoms with Gasteiger partial charge in [0.25, 0.3) is 0 Å². The molecule has 0 saturated carbocycles. The van der Waals surface area contributed by atoms with Crippen LogP contribution >= 0.6 is 0 Å². The Morgan fingerprint density at radius 3 is 0.920 bits per heavy atom. The maximum Gasteiger partial charge on any atom is 0.134 e. The van der Waals surface area contributed by atoms with Gasteiger partial charge >= 0.3 is 0 Å². The molecule has 1 heteroatoms. The van der Waals surface area contributed by atoms with Crippen molar-refractivity contribution >= 4 is 0 Å². The van der Waals surface area contributed by atoms with Crippen molar-refractivity contribution in [3.63, 3.8) is 0 Å². The zero-order valence-electron chi connectivity index (χ0n) is 17.2. The molecular formula is C24H34O. The Morgan fingerprint density at radius 1 is 0.480 bits per heavy atom. The van der Waals surface area contributed by atoms with E-state index in [1.807, 2.05) is 0 Å². The number of hydrogen-bond acceptors (Lipinski definition) is 1. The van der Waals surface area contributed by atoms with Gasteiger partial charge in [0.2, 0.25) is 0 Å². The van der Waals surface area contributed by atoms with E-state index >= 15 is 0 Å². The summed E-state index contributed by atoms with van der Waals surface area (Å²) >= 11 is 0. The first kappa shape index (κ1) is 19.6. The number of ether oxygens (including phenoxy) is 1. The molecule has 0 spiro atoms. The van der Waals surface area contributed by atoms with Crippen molar-refractivity contribution in [2.75, 3.05) is 0 Å². The summed E-state index contributed by atoms with van der Waals surface area (Å²) < 4.78 is 6.75. The van der Waals surface area contributed by atoms with Gasteiger partial charge in [-0.05, 0) is 45.9 Å². The lowest BCUT2D eigenvalue weighted by molar-refractivity contribution is 0.447. The van der Waals surface area contributed by atoms with E-state index in [2.05, 4.69) is 91.8 Å². The highest BCUT2D eigenvalue weighted by Gasteiger charge is 2.21. The Balaban J connectivity index is 2.68. The molecule has 0 unspecified atom stereocenters. The van der Waals surface area contributed by atoms with Gasteiger partial charge in [0.15, 0.2) is 0 Å². The molecule has 1 nitrogen and oxygen atoms in total. The van der Waals surface area contributed by atoms with Gasteiger partial charge in [0, 0.05) is 0 Å². The first-order chi connectivity index (χ1) is 11.7. The molecule has 136 valence electrons. The highest BCUT2D eigenvalue weighted by atomic mass is 16.5. The van der Waals surface area contributed by atoms with Crippen LogP contribution in [0.2, 0.25) is 0 Å². The summed E-state index contributed by atoms with van der Waals surface area (Å²) in [4.78, 5) is 0. The Labute approximate surface area is 154 Å². The third kappa shape index (κ3) is 4.26. The molecule has 0 bridgehead atoms. The summed E-state index contributed by atoms with van der Waals surface area (Å²) in [6.07, 6.45) is 0. The van der Waals surface area contributed by atoms with Crippen LogP contribution in [0.25, 0.3) is 0 Å². The molecule has 2 aromatic rings. The zero-order valence-corrected chi connectivity index (χ0v) is 17.2. The highest BCUT2D eigenvalue weighted by molar-refractivity contribution is 5.52. The van der Waals surface area contributed by atoms with E-state index < -0.39 is 0 Å². The molecule has 2 aromatic carbocycles. The average molecular weight is 339 g/mol. The fourth-order valence-electron chi connectivity index (χ4n) is 3.30. The molecule has 0 aliphatic carbocycles. The standard InChI is InChI=1S/C24H34O/c1-15(2)19-11-9-12-20(16(3)4)23(19)25-24-21(17(5)6)13-10-14-22(24)18(7)8/h9-18H,1-8H3. The van der Waals surface area contributed by atoms with Crippen molar-refractivity contribution < 1.29 is 4.74 Å². The Kier molecular flexibility index (Phi) is 6.32. The molecule has 25 heavy (non-hydrogen) atoms. The SMILES string of the molecule is CC(C)c1cccc(C(C)C)c1Oc1c(C(C)C)cccc1C(C)C. The molecule has 0 aliphatic rings. The van der Waals surface area contributed by atoms with Crippen LogP contribution in [-0.2, 0) is 0 Å². The fraction of sp³-hybridized carbons (Fsp3) is 0.500. The van der Waals surface area contributed by atoms with E-state index in [0.717, 1.165) is 11.5 Å². The fourth-order valence-corrected chi connectivity index (χ4v) is 3.30. The summed E-state index contributed by atoms with van der Waals surface area (Å²) in [6.45, 7) is 17.9. The molecule has 0 radical (unpaired) electrons. The number of benzene rings is 2. The van der Waals surface area contributed by atoms with E-state index in [9.17, 15) is 0 Å². The molecule has 0 amide bonds. The Bertz CT molecular complexity index is 594. The van der Waals surface area contributed by atoms with E-state index in [4.69, 9.17) is 4.74 Å². The van der Waals surface area contributed by atoms with Crippen LogP contribution in [0.1, 0.15) is 101 Å². The quantitative estimate of drug-likeness (QED) is 0.519. The summed E-state index contributed by atoms with van der Waals surface area (Å²) in [5.74, 6) is 3.85. The Hall–Kier alpha value is -1.76. The van der Waals surface area contributed by atoms with E-state index in [0.29, 0.717) is 23.7 Å². The lowest BCUT2D eigenvalue weighted by atomic mass is 9.92. The van der Waals surface area contributed by atoms with Gasteiger partial charge in [-0.15, -0.1) is 0 Å². The molecule has 0 heterocycles. The molecule has 0 aliphatic heterocycles. The molecule has 0 aromatic heterocycles. The second kappa shape index (κ2) is 8.08. The van der Waals surface area contributed by atoms with Crippen molar-refractivity contribution in [1.29, 1.82) is 0 Å². The summed E-state index contributed by atoms with van der Waals surface area (Å²) in [7, 11) is 0. The van der Waals surface area contributed by atoms with Crippen LogP contribution in [0.15, 0.2) is 36.4 Å². The summed E-state index contributed by atoms with van der Waals surface area (Å²) in [6, 6.07) is 13.2. The predicted octanol–water partition coefficient (Wildman–Crippen LogP) is 7.97. The van der Waals surface area contributed by atoms with Gasteiger partial charge in [-0.3, -0.25) is 0 Å². The molecule has 0 fully saturated rings. The van der Waals surface area contributed by atoms with Crippen molar-refractivity contribution in [2.45, 2.75) is 79.1 Å². The molecular weight excluding hydrogens is 304 g/mol. The van der Waals surface area contributed by atoms with Crippen LogP contribution < -0.4 is 4.74 Å². The normalized spacial score (nSPS) is 11.8. The molecule has 0 atom stereocenters. The van der Waals surface area contributed by atoms with Crippen LogP contribution in [0.5, 0.6) is 11.5 Å². The zero-order chi connectivity index (χ0) is 18.7. The van der Waals surface area contributed by atoms with Gasteiger partial charge in [0.1, 0.15) is 11.5 Å².